The Kier molecular flexibility index (Phi) is 3.84. The number of aliphatic hydroxyl groups excluding tert-OH is 1. The molecule has 0 saturated heterocycles. The number of hydrogen-bond acceptors (Lipinski definition) is 5. The van der Waals surface area contributed by atoms with Crippen molar-refractivity contribution in [1.29, 1.82) is 0 Å². The summed E-state index contributed by atoms with van der Waals surface area (Å²) in [5.74, 6) is -1.65. The Morgan fingerprint density at radius 3 is 2.75 bits per heavy atom. The van der Waals surface area contributed by atoms with E-state index in [1.807, 2.05) is 0 Å². The summed E-state index contributed by atoms with van der Waals surface area (Å²) in [6.07, 6.45) is 0. The maximum absolute atomic E-state index is 12.0. The Hall–Kier alpha value is -1.84. The van der Waals surface area contributed by atoms with Crippen LogP contribution < -0.4 is 10.0 Å². The standard InChI is InChI=1S/C10H10ClN3O5S/c11-5-1-2-6-8(3-5)20(18,19)14-10(12-6)13-7(4-15)9(16)17/h1-3,7,15H,4H2,(H,16,17)(H2,12,13,14). The second-order valence-corrected chi connectivity index (χ2v) is 5.97. The van der Waals surface area contributed by atoms with Crippen LogP contribution in [0.5, 0.6) is 0 Å². The molecule has 1 aliphatic heterocycles. The summed E-state index contributed by atoms with van der Waals surface area (Å²) in [7, 11) is -3.90. The SMILES string of the molecule is O=C(O)C(CO)N=C1Nc2ccc(Cl)cc2S(=O)(=O)N1. The van der Waals surface area contributed by atoms with E-state index in [9.17, 15) is 13.2 Å². The molecule has 0 bridgehead atoms. The molecular formula is C10H10ClN3O5S. The van der Waals surface area contributed by atoms with Gasteiger partial charge >= 0.3 is 5.97 Å². The van der Waals surface area contributed by atoms with Gasteiger partial charge in [0.1, 0.15) is 4.90 Å². The molecule has 10 heteroatoms. The normalized spacial score (nSPS) is 19.6. The first-order valence-corrected chi connectivity index (χ1v) is 7.20. The fourth-order valence-electron chi connectivity index (χ4n) is 1.55. The number of hydrogen-bond donors (Lipinski definition) is 4. The van der Waals surface area contributed by atoms with Crippen LogP contribution in [0.15, 0.2) is 28.1 Å². The van der Waals surface area contributed by atoms with Crippen LogP contribution in [0.1, 0.15) is 0 Å². The average Bonchev–Trinajstić information content (AvgIpc) is 2.36. The van der Waals surface area contributed by atoms with Crippen molar-refractivity contribution in [1.82, 2.24) is 4.72 Å². The highest BCUT2D eigenvalue weighted by Crippen LogP contribution is 2.27. The maximum Gasteiger partial charge on any atom is 0.330 e. The zero-order valence-corrected chi connectivity index (χ0v) is 11.4. The number of halogens is 1. The molecule has 1 aromatic carbocycles. The topological polar surface area (TPSA) is 128 Å². The van der Waals surface area contributed by atoms with E-state index in [1.54, 1.807) is 0 Å². The molecule has 0 aromatic heterocycles. The third-order valence-corrected chi connectivity index (χ3v) is 4.07. The zero-order valence-electron chi connectivity index (χ0n) is 9.87. The van der Waals surface area contributed by atoms with E-state index in [2.05, 4.69) is 15.0 Å². The van der Waals surface area contributed by atoms with Gasteiger partial charge in [0.15, 0.2) is 6.04 Å². The minimum absolute atomic E-state index is 0.0696. The largest absolute Gasteiger partial charge is 0.480 e. The van der Waals surface area contributed by atoms with Crippen molar-refractivity contribution in [2.75, 3.05) is 11.9 Å². The lowest BCUT2D eigenvalue weighted by Gasteiger charge is -2.22. The van der Waals surface area contributed by atoms with Gasteiger partial charge in [-0.25, -0.2) is 22.9 Å². The van der Waals surface area contributed by atoms with Crippen molar-refractivity contribution in [3.05, 3.63) is 23.2 Å². The molecular weight excluding hydrogens is 310 g/mol. The zero-order chi connectivity index (χ0) is 14.9. The van der Waals surface area contributed by atoms with Crippen LogP contribution in [0, 0.1) is 0 Å². The van der Waals surface area contributed by atoms with Crippen molar-refractivity contribution >= 4 is 39.2 Å². The quantitative estimate of drug-likeness (QED) is 0.613. The van der Waals surface area contributed by atoms with Crippen LogP contribution in [0.2, 0.25) is 5.02 Å². The number of fused-ring (bicyclic) bond motifs is 1. The molecule has 0 amide bonds. The van der Waals surface area contributed by atoms with Gasteiger partial charge in [0.25, 0.3) is 10.0 Å². The number of aliphatic imine (C=N–C) groups is 1. The lowest BCUT2D eigenvalue weighted by atomic mass is 10.3. The van der Waals surface area contributed by atoms with Gasteiger partial charge < -0.3 is 15.5 Å². The highest BCUT2D eigenvalue weighted by Gasteiger charge is 2.28. The van der Waals surface area contributed by atoms with Crippen LogP contribution in [-0.2, 0) is 14.8 Å². The van der Waals surface area contributed by atoms with Crippen LogP contribution in [0.4, 0.5) is 5.69 Å². The van der Waals surface area contributed by atoms with E-state index in [4.69, 9.17) is 21.8 Å². The summed E-state index contributed by atoms with van der Waals surface area (Å²) >= 11 is 5.73. The van der Waals surface area contributed by atoms with Gasteiger partial charge in [-0.15, -0.1) is 0 Å². The van der Waals surface area contributed by atoms with Crippen LogP contribution in [0.25, 0.3) is 0 Å². The minimum Gasteiger partial charge on any atom is -0.480 e. The summed E-state index contributed by atoms with van der Waals surface area (Å²) in [4.78, 5) is 14.3. The number of aliphatic hydroxyl groups is 1. The van der Waals surface area contributed by atoms with Crippen molar-refractivity contribution in [2.45, 2.75) is 10.9 Å². The number of guanidine groups is 1. The maximum atomic E-state index is 12.0. The molecule has 2 rings (SSSR count). The second-order valence-electron chi connectivity index (χ2n) is 3.89. The lowest BCUT2D eigenvalue weighted by molar-refractivity contribution is -0.139. The summed E-state index contributed by atoms with van der Waals surface area (Å²) in [6.45, 7) is -0.754. The molecule has 1 heterocycles. The summed E-state index contributed by atoms with van der Waals surface area (Å²) in [5, 5.41) is 20.5. The predicted molar refractivity (Wildman–Crippen MR) is 71.3 cm³/mol. The van der Waals surface area contributed by atoms with Crippen molar-refractivity contribution in [2.24, 2.45) is 4.99 Å². The summed E-state index contributed by atoms with van der Waals surface area (Å²) < 4.78 is 26.0. The number of nitrogens with zero attached hydrogens (tertiary/aromatic N) is 1. The van der Waals surface area contributed by atoms with E-state index in [0.717, 1.165) is 0 Å². The van der Waals surface area contributed by atoms with Gasteiger partial charge in [-0.05, 0) is 18.2 Å². The highest BCUT2D eigenvalue weighted by atomic mass is 35.5. The Bertz CT molecular complexity index is 688. The minimum atomic E-state index is -3.90. The molecule has 0 aliphatic carbocycles. The summed E-state index contributed by atoms with van der Waals surface area (Å²) in [5.41, 5.74) is 0.217. The number of benzene rings is 1. The first-order valence-electron chi connectivity index (χ1n) is 5.34. The second kappa shape index (κ2) is 5.27. The molecule has 20 heavy (non-hydrogen) atoms. The van der Waals surface area contributed by atoms with E-state index in [-0.39, 0.29) is 21.6 Å². The fraction of sp³-hybridized carbons (Fsp3) is 0.200. The van der Waals surface area contributed by atoms with E-state index >= 15 is 0 Å². The van der Waals surface area contributed by atoms with Gasteiger partial charge in [-0.3, -0.25) is 0 Å². The van der Waals surface area contributed by atoms with E-state index < -0.39 is 28.6 Å². The van der Waals surface area contributed by atoms with Crippen LogP contribution >= 0.6 is 11.6 Å². The number of carbonyl (C=O) groups is 1. The van der Waals surface area contributed by atoms with Crippen molar-refractivity contribution in [3.63, 3.8) is 0 Å². The molecule has 1 aromatic rings. The monoisotopic (exact) mass is 319 g/mol. The molecule has 1 unspecified atom stereocenters. The molecule has 1 atom stereocenters. The van der Waals surface area contributed by atoms with Gasteiger partial charge in [0.2, 0.25) is 5.96 Å². The highest BCUT2D eigenvalue weighted by molar-refractivity contribution is 7.90. The van der Waals surface area contributed by atoms with Crippen molar-refractivity contribution < 1.29 is 23.4 Å². The average molecular weight is 320 g/mol. The first-order chi connectivity index (χ1) is 9.33. The number of carboxylic acid groups (broad SMARTS) is 1. The van der Waals surface area contributed by atoms with Gasteiger partial charge in [0.05, 0.1) is 12.3 Å². The molecule has 0 radical (unpaired) electrons. The third kappa shape index (κ3) is 2.84. The van der Waals surface area contributed by atoms with Crippen LogP contribution in [-0.4, -0.2) is 43.2 Å². The molecule has 0 fully saturated rings. The predicted octanol–water partition coefficient (Wildman–Crippen LogP) is -0.155. The number of aliphatic carboxylic acids is 1. The van der Waals surface area contributed by atoms with Gasteiger partial charge in [0, 0.05) is 5.02 Å². The van der Waals surface area contributed by atoms with Crippen molar-refractivity contribution in [3.8, 4) is 0 Å². The number of rotatable bonds is 3. The first kappa shape index (κ1) is 14.6. The number of carboxylic acids is 1. The lowest BCUT2D eigenvalue weighted by Crippen LogP contribution is -2.42. The number of anilines is 1. The number of sulfonamides is 1. The Morgan fingerprint density at radius 1 is 1.45 bits per heavy atom. The van der Waals surface area contributed by atoms with E-state index in [1.165, 1.54) is 18.2 Å². The number of nitrogens with one attached hydrogen (secondary N) is 2. The fourth-order valence-corrected chi connectivity index (χ4v) is 2.94. The third-order valence-electron chi connectivity index (χ3n) is 2.46. The summed E-state index contributed by atoms with van der Waals surface area (Å²) in [6, 6.07) is 2.70. The van der Waals surface area contributed by atoms with Gasteiger partial charge in [-0.1, -0.05) is 11.6 Å². The molecule has 8 nitrogen and oxygen atoms in total. The smallest absolute Gasteiger partial charge is 0.330 e. The molecule has 0 spiro atoms. The molecule has 0 saturated carbocycles. The molecule has 108 valence electrons. The Morgan fingerprint density at radius 2 is 2.15 bits per heavy atom. The molecule has 4 N–H and O–H groups in total. The molecule has 1 aliphatic rings. The van der Waals surface area contributed by atoms with E-state index in [0.29, 0.717) is 0 Å². The van der Waals surface area contributed by atoms with Crippen LogP contribution in [0.3, 0.4) is 0 Å². The Labute approximate surface area is 119 Å². The van der Waals surface area contributed by atoms with Gasteiger partial charge in [-0.2, -0.15) is 0 Å². The Balaban J connectivity index is 2.43.